The molecule has 5 nitrogen and oxygen atoms in total. The van der Waals surface area contributed by atoms with Crippen LogP contribution in [0.25, 0.3) is 0 Å². The lowest BCUT2D eigenvalue weighted by Gasteiger charge is -2.08. The number of hydrogen-bond acceptors (Lipinski definition) is 4. The van der Waals surface area contributed by atoms with Gasteiger partial charge in [0.15, 0.2) is 0 Å². The van der Waals surface area contributed by atoms with Crippen molar-refractivity contribution in [1.82, 2.24) is 20.3 Å². The Hall–Kier alpha value is -1.40. The van der Waals surface area contributed by atoms with Gasteiger partial charge in [-0.25, -0.2) is 0 Å². The molecule has 0 aliphatic carbocycles. The van der Waals surface area contributed by atoms with Crippen LogP contribution in [0, 0.1) is 0 Å². The van der Waals surface area contributed by atoms with E-state index in [2.05, 4.69) is 43.7 Å². The van der Waals surface area contributed by atoms with Crippen LogP contribution in [0.2, 0.25) is 0 Å². The molecule has 0 fully saturated rings. The summed E-state index contributed by atoms with van der Waals surface area (Å²) in [5.41, 5.74) is 1.23. The Balaban J connectivity index is 1.69. The number of methoxy groups -OCH3 is 1. The number of nitrogens with zero attached hydrogens (tertiary/aromatic N) is 3. The van der Waals surface area contributed by atoms with Gasteiger partial charge in [0.25, 0.3) is 0 Å². The van der Waals surface area contributed by atoms with E-state index in [0.717, 1.165) is 36.3 Å². The Bertz CT molecular complexity index is 501. The average molecular weight is 325 g/mol. The lowest BCUT2D eigenvalue weighted by molar-refractivity contribution is 0.412. The SMILES string of the molecule is COc1ccc(CNCCCn2ccnn2)cc1Br. The van der Waals surface area contributed by atoms with Crippen molar-refractivity contribution in [2.45, 2.75) is 19.5 Å². The van der Waals surface area contributed by atoms with E-state index < -0.39 is 0 Å². The highest BCUT2D eigenvalue weighted by molar-refractivity contribution is 9.10. The van der Waals surface area contributed by atoms with Crippen molar-refractivity contribution in [2.24, 2.45) is 0 Å². The van der Waals surface area contributed by atoms with Crippen LogP contribution in [-0.4, -0.2) is 28.6 Å². The van der Waals surface area contributed by atoms with Crippen molar-refractivity contribution < 1.29 is 4.74 Å². The van der Waals surface area contributed by atoms with Crippen LogP contribution in [0.4, 0.5) is 0 Å². The second-order valence-corrected chi connectivity index (χ2v) is 5.02. The number of hydrogen-bond donors (Lipinski definition) is 1. The molecule has 1 aromatic heterocycles. The molecule has 1 N–H and O–H groups in total. The van der Waals surface area contributed by atoms with Crippen molar-refractivity contribution >= 4 is 15.9 Å². The van der Waals surface area contributed by atoms with E-state index in [9.17, 15) is 0 Å². The molecule has 102 valence electrons. The van der Waals surface area contributed by atoms with Crippen molar-refractivity contribution in [2.75, 3.05) is 13.7 Å². The maximum atomic E-state index is 5.20. The monoisotopic (exact) mass is 324 g/mol. The highest BCUT2D eigenvalue weighted by Gasteiger charge is 2.01. The van der Waals surface area contributed by atoms with Gasteiger partial charge in [0.2, 0.25) is 0 Å². The summed E-state index contributed by atoms with van der Waals surface area (Å²) in [5, 5.41) is 11.1. The lowest BCUT2D eigenvalue weighted by atomic mass is 10.2. The molecule has 6 heteroatoms. The minimum absolute atomic E-state index is 0.847. The third-order valence-electron chi connectivity index (χ3n) is 2.76. The zero-order valence-electron chi connectivity index (χ0n) is 10.8. The van der Waals surface area contributed by atoms with Crippen LogP contribution in [0.5, 0.6) is 5.75 Å². The number of aryl methyl sites for hydroxylation is 1. The van der Waals surface area contributed by atoms with E-state index in [1.807, 2.05) is 16.9 Å². The first kappa shape index (κ1) is 14.0. The summed E-state index contributed by atoms with van der Waals surface area (Å²) < 4.78 is 8.02. The van der Waals surface area contributed by atoms with Gasteiger partial charge in [-0.1, -0.05) is 11.3 Å². The second-order valence-electron chi connectivity index (χ2n) is 4.17. The Morgan fingerprint density at radius 3 is 3.00 bits per heavy atom. The molecule has 0 saturated heterocycles. The van der Waals surface area contributed by atoms with Crippen molar-refractivity contribution in [1.29, 1.82) is 0 Å². The van der Waals surface area contributed by atoms with Crippen LogP contribution < -0.4 is 10.1 Å². The van der Waals surface area contributed by atoms with Gasteiger partial charge in [-0.2, -0.15) is 0 Å². The van der Waals surface area contributed by atoms with Crippen LogP contribution in [0.1, 0.15) is 12.0 Å². The Kier molecular flexibility index (Phi) is 5.35. The summed E-state index contributed by atoms with van der Waals surface area (Å²) in [4.78, 5) is 0. The largest absolute Gasteiger partial charge is 0.496 e. The molecule has 0 bridgehead atoms. The molecule has 0 aliphatic heterocycles. The summed E-state index contributed by atoms with van der Waals surface area (Å²) in [6.45, 7) is 2.68. The van der Waals surface area contributed by atoms with Gasteiger partial charge in [0.05, 0.1) is 17.8 Å². The van der Waals surface area contributed by atoms with Crippen LogP contribution >= 0.6 is 15.9 Å². The lowest BCUT2D eigenvalue weighted by Crippen LogP contribution is -2.16. The minimum atomic E-state index is 0.847. The molecule has 0 atom stereocenters. The third-order valence-corrected chi connectivity index (χ3v) is 3.38. The van der Waals surface area contributed by atoms with E-state index >= 15 is 0 Å². The number of benzene rings is 1. The van der Waals surface area contributed by atoms with E-state index in [-0.39, 0.29) is 0 Å². The van der Waals surface area contributed by atoms with Gasteiger partial charge in [-0.05, 0) is 46.6 Å². The van der Waals surface area contributed by atoms with E-state index in [4.69, 9.17) is 4.74 Å². The maximum Gasteiger partial charge on any atom is 0.133 e. The first-order valence-corrected chi connectivity index (χ1v) is 6.96. The first-order chi connectivity index (χ1) is 9.29. The van der Waals surface area contributed by atoms with Crippen LogP contribution in [0.15, 0.2) is 35.1 Å². The number of aromatic nitrogens is 3. The molecular formula is C13H17BrN4O. The highest BCUT2D eigenvalue weighted by Crippen LogP contribution is 2.25. The quantitative estimate of drug-likeness (QED) is 0.793. The molecule has 0 spiro atoms. The standard InChI is InChI=1S/C13H17BrN4O/c1-19-13-4-3-11(9-12(13)14)10-15-5-2-7-18-8-6-16-17-18/h3-4,6,8-9,15H,2,5,7,10H2,1H3. The topological polar surface area (TPSA) is 52.0 Å². The average Bonchev–Trinajstić information content (AvgIpc) is 2.92. The predicted octanol–water partition coefficient (Wildman–Crippen LogP) is 2.23. The Labute approximate surface area is 121 Å². The number of halogens is 1. The number of rotatable bonds is 7. The molecule has 1 heterocycles. The van der Waals surface area contributed by atoms with Crippen molar-refractivity contribution in [3.63, 3.8) is 0 Å². The summed E-state index contributed by atoms with van der Waals surface area (Å²) in [7, 11) is 1.67. The summed E-state index contributed by atoms with van der Waals surface area (Å²) in [6, 6.07) is 6.10. The first-order valence-electron chi connectivity index (χ1n) is 6.17. The summed E-state index contributed by atoms with van der Waals surface area (Å²) >= 11 is 3.48. The molecule has 1 aromatic carbocycles. The van der Waals surface area contributed by atoms with E-state index in [0.29, 0.717) is 0 Å². The van der Waals surface area contributed by atoms with E-state index in [1.54, 1.807) is 13.3 Å². The van der Waals surface area contributed by atoms with Crippen molar-refractivity contribution in [3.8, 4) is 5.75 Å². The molecule has 2 rings (SSSR count). The molecule has 0 saturated carbocycles. The van der Waals surface area contributed by atoms with Gasteiger partial charge in [-0.15, -0.1) is 5.10 Å². The van der Waals surface area contributed by atoms with Gasteiger partial charge < -0.3 is 10.1 Å². The fourth-order valence-corrected chi connectivity index (χ4v) is 2.36. The van der Waals surface area contributed by atoms with Crippen LogP contribution in [-0.2, 0) is 13.1 Å². The Morgan fingerprint density at radius 1 is 1.42 bits per heavy atom. The molecule has 0 aliphatic rings. The zero-order chi connectivity index (χ0) is 13.5. The van der Waals surface area contributed by atoms with Gasteiger partial charge >= 0.3 is 0 Å². The minimum Gasteiger partial charge on any atom is -0.496 e. The molecule has 0 radical (unpaired) electrons. The fourth-order valence-electron chi connectivity index (χ4n) is 1.77. The number of ether oxygens (including phenoxy) is 1. The molecule has 0 amide bonds. The maximum absolute atomic E-state index is 5.20. The Morgan fingerprint density at radius 2 is 2.32 bits per heavy atom. The normalized spacial score (nSPS) is 10.6. The molecule has 0 unspecified atom stereocenters. The van der Waals surface area contributed by atoms with Gasteiger partial charge in [0, 0.05) is 19.3 Å². The highest BCUT2D eigenvalue weighted by atomic mass is 79.9. The third kappa shape index (κ3) is 4.33. The zero-order valence-corrected chi connectivity index (χ0v) is 12.4. The molecular weight excluding hydrogens is 308 g/mol. The van der Waals surface area contributed by atoms with Gasteiger partial charge in [-0.3, -0.25) is 4.68 Å². The smallest absolute Gasteiger partial charge is 0.133 e. The van der Waals surface area contributed by atoms with Crippen molar-refractivity contribution in [3.05, 3.63) is 40.6 Å². The summed E-state index contributed by atoms with van der Waals surface area (Å²) in [5.74, 6) is 0.856. The molecule has 2 aromatic rings. The number of nitrogens with one attached hydrogen (secondary N) is 1. The van der Waals surface area contributed by atoms with Gasteiger partial charge in [0.1, 0.15) is 5.75 Å². The van der Waals surface area contributed by atoms with Crippen LogP contribution in [0.3, 0.4) is 0 Å². The second kappa shape index (κ2) is 7.25. The van der Waals surface area contributed by atoms with E-state index in [1.165, 1.54) is 5.56 Å². The predicted molar refractivity (Wildman–Crippen MR) is 77.0 cm³/mol. The molecule has 19 heavy (non-hydrogen) atoms. The fraction of sp³-hybridized carbons (Fsp3) is 0.385. The summed E-state index contributed by atoms with van der Waals surface area (Å²) in [6.07, 6.45) is 4.60.